The molecule has 0 aliphatic carbocycles. The average Bonchev–Trinajstić information content (AvgIpc) is 2.63. The van der Waals surface area contributed by atoms with Crippen LogP contribution in [0.25, 0.3) is 0 Å². The first-order chi connectivity index (χ1) is 12.0. The lowest BCUT2D eigenvalue weighted by Gasteiger charge is -2.37. The zero-order valence-corrected chi connectivity index (χ0v) is 15.1. The lowest BCUT2D eigenvalue weighted by atomic mass is 9.92. The molecule has 25 heavy (non-hydrogen) atoms. The molecule has 6 heteroatoms. The van der Waals surface area contributed by atoms with Crippen LogP contribution in [0.15, 0.2) is 23.1 Å². The standard InChI is InChI=1S/C19H27N3O3/c1-14-5-3-10-22(13-14)17(23)15-7-11-21(12-8-15)19(25)16-6-4-9-20(2)18(16)24/h4,6,9,14-15H,3,5,7-8,10-13H2,1-2H3. The van der Waals surface area contributed by atoms with Gasteiger partial charge < -0.3 is 14.4 Å². The van der Waals surface area contributed by atoms with Gasteiger partial charge in [-0.2, -0.15) is 0 Å². The molecule has 2 aliphatic rings. The van der Waals surface area contributed by atoms with E-state index in [2.05, 4.69) is 6.92 Å². The third-order valence-electron chi connectivity index (χ3n) is 5.45. The molecular weight excluding hydrogens is 318 g/mol. The summed E-state index contributed by atoms with van der Waals surface area (Å²) in [5.41, 5.74) is -0.0624. The fraction of sp³-hybridized carbons (Fsp3) is 0.632. The van der Waals surface area contributed by atoms with Gasteiger partial charge in [-0.1, -0.05) is 6.92 Å². The monoisotopic (exact) mass is 345 g/mol. The Kier molecular flexibility index (Phi) is 5.25. The van der Waals surface area contributed by atoms with Crippen LogP contribution < -0.4 is 5.56 Å². The molecule has 1 aromatic rings. The summed E-state index contributed by atoms with van der Waals surface area (Å²) in [6, 6.07) is 3.29. The molecular formula is C19H27N3O3. The number of nitrogens with zero attached hydrogens (tertiary/aromatic N) is 3. The molecule has 1 unspecified atom stereocenters. The summed E-state index contributed by atoms with van der Waals surface area (Å²) in [5.74, 6) is 0.606. The fourth-order valence-electron chi connectivity index (χ4n) is 3.91. The molecule has 0 bridgehead atoms. The second-order valence-corrected chi connectivity index (χ2v) is 7.44. The number of aromatic nitrogens is 1. The first kappa shape index (κ1) is 17.7. The van der Waals surface area contributed by atoms with E-state index in [4.69, 9.17) is 0 Å². The Morgan fingerprint density at radius 2 is 1.80 bits per heavy atom. The van der Waals surface area contributed by atoms with E-state index in [-0.39, 0.29) is 28.9 Å². The maximum atomic E-state index is 12.7. The number of aryl methyl sites for hydroxylation is 1. The van der Waals surface area contributed by atoms with E-state index in [1.807, 2.05) is 4.90 Å². The van der Waals surface area contributed by atoms with Gasteiger partial charge in [0.25, 0.3) is 11.5 Å². The minimum atomic E-state index is -0.270. The van der Waals surface area contributed by atoms with E-state index in [1.165, 1.54) is 11.0 Å². The van der Waals surface area contributed by atoms with E-state index in [9.17, 15) is 14.4 Å². The number of carbonyl (C=O) groups is 2. The number of carbonyl (C=O) groups excluding carboxylic acids is 2. The minimum Gasteiger partial charge on any atom is -0.342 e. The van der Waals surface area contributed by atoms with Crippen LogP contribution in [0.1, 0.15) is 43.0 Å². The van der Waals surface area contributed by atoms with Gasteiger partial charge in [-0.25, -0.2) is 0 Å². The summed E-state index contributed by atoms with van der Waals surface area (Å²) in [6.07, 6.45) is 5.29. The molecule has 136 valence electrons. The normalized spacial score (nSPS) is 22.1. The molecule has 0 aromatic carbocycles. The van der Waals surface area contributed by atoms with Crippen molar-refractivity contribution in [1.82, 2.24) is 14.4 Å². The molecule has 3 heterocycles. The highest BCUT2D eigenvalue weighted by Crippen LogP contribution is 2.24. The van der Waals surface area contributed by atoms with Gasteiger partial charge in [0.15, 0.2) is 0 Å². The molecule has 2 fully saturated rings. The van der Waals surface area contributed by atoms with Gasteiger partial charge in [0.1, 0.15) is 5.56 Å². The van der Waals surface area contributed by atoms with Gasteiger partial charge in [-0.3, -0.25) is 14.4 Å². The topological polar surface area (TPSA) is 62.6 Å². The molecule has 0 saturated carbocycles. The predicted octanol–water partition coefficient (Wildman–Crippen LogP) is 1.50. The minimum absolute atomic E-state index is 0.00737. The maximum Gasteiger partial charge on any atom is 0.263 e. The summed E-state index contributed by atoms with van der Waals surface area (Å²) in [7, 11) is 1.64. The summed E-state index contributed by atoms with van der Waals surface area (Å²) in [6.45, 7) is 4.99. The number of hydrogen-bond acceptors (Lipinski definition) is 3. The second-order valence-electron chi connectivity index (χ2n) is 7.44. The van der Waals surface area contributed by atoms with Crippen molar-refractivity contribution in [3.63, 3.8) is 0 Å². The highest BCUT2D eigenvalue weighted by Gasteiger charge is 2.32. The van der Waals surface area contributed by atoms with Gasteiger partial charge in [0, 0.05) is 45.3 Å². The molecule has 0 N–H and O–H groups in total. The SMILES string of the molecule is CC1CCCN(C(=O)C2CCN(C(=O)c3cccn(C)c3=O)CC2)C1. The highest BCUT2D eigenvalue weighted by atomic mass is 16.2. The van der Waals surface area contributed by atoms with Crippen molar-refractivity contribution in [3.8, 4) is 0 Å². The summed E-state index contributed by atoms with van der Waals surface area (Å²) in [4.78, 5) is 41.2. The lowest BCUT2D eigenvalue weighted by Crippen LogP contribution is -2.47. The quantitative estimate of drug-likeness (QED) is 0.816. The van der Waals surface area contributed by atoms with E-state index in [1.54, 1.807) is 30.3 Å². The van der Waals surface area contributed by atoms with Crippen molar-refractivity contribution in [3.05, 3.63) is 34.2 Å². The van der Waals surface area contributed by atoms with Gasteiger partial charge >= 0.3 is 0 Å². The third kappa shape index (κ3) is 3.78. The van der Waals surface area contributed by atoms with E-state index in [0.29, 0.717) is 31.8 Å². The lowest BCUT2D eigenvalue weighted by molar-refractivity contribution is -0.138. The average molecular weight is 345 g/mol. The van der Waals surface area contributed by atoms with Crippen molar-refractivity contribution < 1.29 is 9.59 Å². The van der Waals surface area contributed by atoms with Crippen molar-refractivity contribution in [2.24, 2.45) is 18.9 Å². The van der Waals surface area contributed by atoms with Gasteiger partial charge in [-0.15, -0.1) is 0 Å². The number of hydrogen-bond donors (Lipinski definition) is 0. The van der Waals surface area contributed by atoms with Crippen LogP contribution in [0.3, 0.4) is 0 Å². The molecule has 0 spiro atoms. The van der Waals surface area contributed by atoms with Crippen LogP contribution in [0, 0.1) is 11.8 Å². The Labute approximate surface area is 148 Å². The Bertz CT molecular complexity index is 704. The van der Waals surface area contributed by atoms with E-state index in [0.717, 1.165) is 19.5 Å². The molecule has 2 saturated heterocycles. The number of likely N-dealkylation sites (tertiary alicyclic amines) is 2. The number of rotatable bonds is 2. The maximum absolute atomic E-state index is 12.7. The van der Waals surface area contributed by atoms with Crippen LogP contribution in [-0.4, -0.2) is 52.4 Å². The van der Waals surface area contributed by atoms with Crippen molar-refractivity contribution in [1.29, 1.82) is 0 Å². The fourth-order valence-corrected chi connectivity index (χ4v) is 3.91. The zero-order chi connectivity index (χ0) is 18.0. The molecule has 1 aromatic heterocycles. The van der Waals surface area contributed by atoms with Crippen LogP contribution in [0.4, 0.5) is 0 Å². The predicted molar refractivity (Wildman–Crippen MR) is 95.3 cm³/mol. The third-order valence-corrected chi connectivity index (χ3v) is 5.45. The van der Waals surface area contributed by atoms with Gasteiger partial charge in [-0.05, 0) is 43.7 Å². The smallest absolute Gasteiger partial charge is 0.263 e. The van der Waals surface area contributed by atoms with Crippen molar-refractivity contribution in [2.45, 2.75) is 32.6 Å². The molecule has 1 atom stereocenters. The van der Waals surface area contributed by atoms with Gasteiger partial charge in [0.2, 0.25) is 5.91 Å². The highest BCUT2D eigenvalue weighted by molar-refractivity contribution is 5.94. The first-order valence-corrected chi connectivity index (χ1v) is 9.21. The second kappa shape index (κ2) is 7.42. The summed E-state index contributed by atoms with van der Waals surface area (Å²) >= 11 is 0. The first-order valence-electron chi connectivity index (χ1n) is 9.21. The van der Waals surface area contributed by atoms with E-state index >= 15 is 0 Å². The Hall–Kier alpha value is -2.11. The molecule has 0 radical (unpaired) electrons. The Balaban J connectivity index is 1.60. The molecule has 2 amide bonds. The number of pyridine rings is 1. The van der Waals surface area contributed by atoms with E-state index < -0.39 is 0 Å². The van der Waals surface area contributed by atoms with Crippen LogP contribution in [-0.2, 0) is 11.8 Å². The Morgan fingerprint density at radius 1 is 1.08 bits per heavy atom. The van der Waals surface area contributed by atoms with Crippen molar-refractivity contribution >= 4 is 11.8 Å². The van der Waals surface area contributed by atoms with Gasteiger partial charge in [0.05, 0.1) is 0 Å². The van der Waals surface area contributed by atoms with Crippen LogP contribution >= 0.6 is 0 Å². The molecule has 2 aliphatic heterocycles. The zero-order valence-electron chi connectivity index (χ0n) is 15.1. The van der Waals surface area contributed by atoms with Crippen LogP contribution in [0.2, 0.25) is 0 Å². The number of amides is 2. The van der Waals surface area contributed by atoms with Crippen LogP contribution in [0.5, 0.6) is 0 Å². The largest absolute Gasteiger partial charge is 0.342 e. The molecule has 3 rings (SSSR count). The molecule has 6 nitrogen and oxygen atoms in total. The number of piperidine rings is 2. The summed E-state index contributed by atoms with van der Waals surface area (Å²) in [5, 5.41) is 0. The summed E-state index contributed by atoms with van der Waals surface area (Å²) < 4.78 is 1.42. The Morgan fingerprint density at radius 3 is 2.48 bits per heavy atom. The van der Waals surface area contributed by atoms with Crippen molar-refractivity contribution in [2.75, 3.05) is 26.2 Å².